The van der Waals surface area contributed by atoms with Crippen molar-refractivity contribution in [3.05, 3.63) is 54.1 Å². The van der Waals surface area contributed by atoms with Gasteiger partial charge in [0.25, 0.3) is 5.91 Å². The number of hydrogen-bond donors (Lipinski definition) is 1. The van der Waals surface area contributed by atoms with E-state index in [1.807, 2.05) is 45.2 Å². The second kappa shape index (κ2) is 7.54. The van der Waals surface area contributed by atoms with Crippen molar-refractivity contribution in [2.24, 2.45) is 0 Å². The van der Waals surface area contributed by atoms with Crippen molar-refractivity contribution in [1.82, 2.24) is 15.3 Å². The van der Waals surface area contributed by atoms with Gasteiger partial charge in [-0.15, -0.1) is 0 Å². The Balaban J connectivity index is 2.00. The molecule has 0 aliphatic carbocycles. The topological polar surface area (TPSA) is 58.1 Å². The van der Waals surface area contributed by atoms with Gasteiger partial charge in [-0.1, -0.05) is 0 Å². The second-order valence-electron chi connectivity index (χ2n) is 5.55. The van der Waals surface area contributed by atoms with Crippen molar-refractivity contribution < 1.29 is 4.79 Å². The summed E-state index contributed by atoms with van der Waals surface area (Å²) in [6.45, 7) is 4.73. The third kappa shape index (κ3) is 4.55. The maximum atomic E-state index is 12.0. The van der Waals surface area contributed by atoms with Crippen LogP contribution in [0.2, 0.25) is 0 Å². The fraction of sp³-hybridized carbons (Fsp3) is 0.353. The molecule has 0 fully saturated rings. The van der Waals surface area contributed by atoms with Gasteiger partial charge in [0.1, 0.15) is 5.69 Å². The van der Waals surface area contributed by atoms with Gasteiger partial charge in [-0.05, 0) is 50.1 Å². The summed E-state index contributed by atoms with van der Waals surface area (Å²) in [5, 5.41) is 2.86. The first-order chi connectivity index (χ1) is 10.6. The first-order valence-corrected chi connectivity index (χ1v) is 7.43. The zero-order valence-electron chi connectivity index (χ0n) is 13.3. The van der Waals surface area contributed by atoms with Crippen LogP contribution in [-0.2, 0) is 6.42 Å². The number of carbonyl (C=O) groups excluding carboxylic acids is 1. The summed E-state index contributed by atoms with van der Waals surface area (Å²) in [6, 6.07) is 7.87. The van der Waals surface area contributed by atoms with E-state index in [9.17, 15) is 4.79 Å². The monoisotopic (exact) mass is 298 g/mol. The van der Waals surface area contributed by atoms with Gasteiger partial charge in [-0.2, -0.15) is 0 Å². The lowest BCUT2D eigenvalue weighted by molar-refractivity contribution is 0.0938. The third-order valence-electron chi connectivity index (χ3n) is 3.32. The van der Waals surface area contributed by atoms with E-state index in [4.69, 9.17) is 0 Å². The summed E-state index contributed by atoms with van der Waals surface area (Å²) in [5.41, 5.74) is 2.67. The summed E-state index contributed by atoms with van der Waals surface area (Å²) >= 11 is 0. The lowest BCUT2D eigenvalue weighted by Crippen LogP contribution is -2.31. The highest BCUT2D eigenvalue weighted by Gasteiger charge is 2.10. The first kappa shape index (κ1) is 15.9. The Bertz CT molecular complexity index is 613. The van der Waals surface area contributed by atoms with E-state index in [1.165, 1.54) is 5.56 Å². The molecule has 0 aliphatic rings. The van der Waals surface area contributed by atoms with Crippen molar-refractivity contribution in [1.29, 1.82) is 0 Å². The van der Waals surface area contributed by atoms with E-state index in [0.717, 1.165) is 18.7 Å². The Kier molecular flexibility index (Phi) is 5.47. The predicted molar refractivity (Wildman–Crippen MR) is 88.1 cm³/mol. The number of nitrogens with one attached hydrogen (secondary N) is 1. The van der Waals surface area contributed by atoms with Crippen LogP contribution in [0.15, 0.2) is 42.9 Å². The highest BCUT2D eigenvalue weighted by atomic mass is 16.1. The van der Waals surface area contributed by atoms with Crippen LogP contribution < -0.4 is 10.2 Å². The molecule has 0 radical (unpaired) electrons. The van der Waals surface area contributed by atoms with Gasteiger partial charge < -0.3 is 10.2 Å². The minimum Gasteiger partial charge on any atom is -0.374 e. The van der Waals surface area contributed by atoms with Gasteiger partial charge in [0.05, 0.1) is 0 Å². The van der Waals surface area contributed by atoms with Gasteiger partial charge in [-0.25, -0.2) is 0 Å². The SMILES string of the molecule is CC(C)NC(=O)c1cc(N(C)CCc2ccncc2)ccn1. The fourth-order valence-corrected chi connectivity index (χ4v) is 2.09. The Hall–Kier alpha value is -2.43. The van der Waals surface area contributed by atoms with Crippen LogP contribution in [-0.4, -0.2) is 35.5 Å². The Morgan fingerprint density at radius 3 is 2.64 bits per heavy atom. The number of anilines is 1. The molecule has 1 N–H and O–H groups in total. The van der Waals surface area contributed by atoms with E-state index in [0.29, 0.717) is 5.69 Å². The van der Waals surface area contributed by atoms with Gasteiger partial charge in [0.15, 0.2) is 0 Å². The van der Waals surface area contributed by atoms with Crippen molar-refractivity contribution in [3.63, 3.8) is 0 Å². The molecule has 0 spiro atoms. The summed E-state index contributed by atoms with van der Waals surface area (Å²) < 4.78 is 0. The highest BCUT2D eigenvalue weighted by molar-refractivity contribution is 5.93. The van der Waals surface area contributed by atoms with E-state index in [1.54, 1.807) is 18.6 Å². The molecule has 0 saturated carbocycles. The molecule has 0 aliphatic heterocycles. The van der Waals surface area contributed by atoms with Gasteiger partial charge in [0.2, 0.25) is 0 Å². The number of rotatable bonds is 6. The maximum Gasteiger partial charge on any atom is 0.270 e. The van der Waals surface area contributed by atoms with Crippen LogP contribution in [0.4, 0.5) is 5.69 Å². The van der Waals surface area contributed by atoms with Crippen LogP contribution in [0.5, 0.6) is 0 Å². The molecule has 1 amide bonds. The number of aromatic nitrogens is 2. The number of hydrogen-bond acceptors (Lipinski definition) is 4. The molecule has 0 bridgehead atoms. The van der Waals surface area contributed by atoms with E-state index >= 15 is 0 Å². The molecule has 22 heavy (non-hydrogen) atoms. The van der Waals surface area contributed by atoms with Crippen LogP contribution in [0.25, 0.3) is 0 Å². The zero-order chi connectivity index (χ0) is 15.9. The quantitative estimate of drug-likeness (QED) is 0.889. The van der Waals surface area contributed by atoms with Crippen molar-refractivity contribution in [2.45, 2.75) is 26.3 Å². The molecule has 5 nitrogen and oxygen atoms in total. The van der Waals surface area contributed by atoms with Gasteiger partial charge >= 0.3 is 0 Å². The summed E-state index contributed by atoms with van der Waals surface area (Å²) in [7, 11) is 2.01. The van der Waals surface area contributed by atoms with Crippen molar-refractivity contribution >= 4 is 11.6 Å². The molecule has 2 heterocycles. The van der Waals surface area contributed by atoms with E-state index < -0.39 is 0 Å². The predicted octanol–water partition coefficient (Wildman–Crippen LogP) is 2.29. The standard InChI is InChI=1S/C17H22N4O/c1-13(2)20-17(22)16-12-15(6-10-19-16)21(3)11-7-14-4-8-18-9-5-14/h4-6,8-10,12-13H,7,11H2,1-3H3,(H,20,22). The summed E-state index contributed by atoms with van der Waals surface area (Å²) in [4.78, 5) is 22.3. The third-order valence-corrected chi connectivity index (χ3v) is 3.32. The average Bonchev–Trinajstić information content (AvgIpc) is 2.53. The van der Waals surface area contributed by atoms with Crippen LogP contribution >= 0.6 is 0 Å². The molecular formula is C17H22N4O. The fourth-order valence-electron chi connectivity index (χ4n) is 2.09. The minimum absolute atomic E-state index is 0.0994. The molecule has 0 atom stereocenters. The number of amides is 1. The molecule has 2 aromatic heterocycles. The molecule has 116 valence electrons. The highest BCUT2D eigenvalue weighted by Crippen LogP contribution is 2.14. The summed E-state index contributed by atoms with van der Waals surface area (Å²) in [5.74, 6) is -0.139. The molecule has 2 rings (SSSR count). The second-order valence-corrected chi connectivity index (χ2v) is 5.55. The normalized spacial score (nSPS) is 10.5. The summed E-state index contributed by atoms with van der Waals surface area (Å²) in [6.07, 6.45) is 6.20. The molecular weight excluding hydrogens is 276 g/mol. The van der Waals surface area contributed by atoms with Gasteiger partial charge in [0, 0.05) is 43.9 Å². The minimum atomic E-state index is -0.139. The van der Waals surface area contributed by atoms with Crippen LogP contribution in [0.3, 0.4) is 0 Å². The van der Waals surface area contributed by atoms with Crippen molar-refractivity contribution in [3.8, 4) is 0 Å². The van der Waals surface area contributed by atoms with Gasteiger partial charge in [-0.3, -0.25) is 14.8 Å². The molecule has 0 unspecified atom stereocenters. The van der Waals surface area contributed by atoms with Crippen LogP contribution in [0.1, 0.15) is 29.9 Å². The molecule has 2 aromatic rings. The van der Waals surface area contributed by atoms with Crippen LogP contribution in [0, 0.1) is 0 Å². The molecule has 5 heteroatoms. The molecule has 0 saturated heterocycles. The number of likely N-dealkylation sites (N-methyl/N-ethyl adjacent to an activating group) is 1. The molecule has 0 aromatic carbocycles. The Morgan fingerprint density at radius 2 is 1.95 bits per heavy atom. The number of pyridine rings is 2. The Labute approximate surface area is 131 Å². The van der Waals surface area contributed by atoms with E-state index in [-0.39, 0.29) is 11.9 Å². The Morgan fingerprint density at radius 1 is 1.23 bits per heavy atom. The maximum absolute atomic E-state index is 12.0. The first-order valence-electron chi connectivity index (χ1n) is 7.43. The zero-order valence-corrected chi connectivity index (χ0v) is 13.3. The lowest BCUT2D eigenvalue weighted by Gasteiger charge is -2.19. The lowest BCUT2D eigenvalue weighted by atomic mass is 10.2. The van der Waals surface area contributed by atoms with Crippen molar-refractivity contribution in [2.75, 3.05) is 18.5 Å². The average molecular weight is 298 g/mol. The largest absolute Gasteiger partial charge is 0.374 e. The van der Waals surface area contributed by atoms with E-state index in [2.05, 4.69) is 20.2 Å². The smallest absolute Gasteiger partial charge is 0.270 e. The number of carbonyl (C=O) groups is 1. The number of nitrogens with zero attached hydrogens (tertiary/aromatic N) is 3.